The Kier molecular flexibility index (Phi) is 3.04. The van der Waals surface area contributed by atoms with Crippen LogP contribution in [0.4, 0.5) is 0 Å². The summed E-state index contributed by atoms with van der Waals surface area (Å²) >= 11 is 7.44. The molecule has 1 heterocycles. The van der Waals surface area contributed by atoms with E-state index in [0.717, 1.165) is 11.8 Å². The molecule has 1 aromatic carbocycles. The zero-order chi connectivity index (χ0) is 9.97. The normalized spacial score (nSPS) is 11.0. The average Bonchev–Trinajstić information content (AvgIpc) is 2.57. The number of unbranched alkanes of at least 4 members (excludes halogenated alkanes) is 1. The lowest BCUT2D eigenvalue weighted by Gasteiger charge is -1.99. The summed E-state index contributed by atoms with van der Waals surface area (Å²) in [6.07, 6.45) is 3.60. The number of fused-ring (bicyclic) bond motifs is 1. The molecular weight excluding hydrogens is 214 g/mol. The largest absolute Gasteiger partial charge is 0.180 e. The fraction of sp³-hybridized carbons (Fsp3) is 0.364. The van der Waals surface area contributed by atoms with Crippen molar-refractivity contribution in [2.45, 2.75) is 26.2 Å². The first-order valence-corrected chi connectivity index (χ1v) is 6.00. The molecule has 0 N–H and O–H groups in total. The first kappa shape index (κ1) is 9.94. The van der Waals surface area contributed by atoms with E-state index in [1.165, 1.54) is 34.6 Å². The highest BCUT2D eigenvalue weighted by molar-refractivity contribution is 7.13. The molecule has 0 aliphatic heterocycles. The van der Waals surface area contributed by atoms with Crippen LogP contribution in [0.15, 0.2) is 18.2 Å². The highest BCUT2D eigenvalue weighted by Gasteiger charge is 2.03. The van der Waals surface area contributed by atoms with Crippen LogP contribution in [0.2, 0.25) is 5.15 Å². The Balaban J connectivity index is 2.34. The van der Waals surface area contributed by atoms with Gasteiger partial charge in [0.2, 0.25) is 0 Å². The number of aromatic nitrogens is 1. The SMILES string of the molecule is CCCCc1ccc2snc(Cl)c2c1. The van der Waals surface area contributed by atoms with E-state index < -0.39 is 0 Å². The minimum atomic E-state index is 0.642. The molecule has 2 aromatic rings. The molecule has 74 valence electrons. The quantitative estimate of drug-likeness (QED) is 0.759. The van der Waals surface area contributed by atoms with Crippen LogP contribution in [0.25, 0.3) is 10.1 Å². The van der Waals surface area contributed by atoms with Gasteiger partial charge in [-0.3, -0.25) is 0 Å². The highest BCUT2D eigenvalue weighted by atomic mass is 35.5. The molecule has 0 radical (unpaired) electrons. The van der Waals surface area contributed by atoms with Crippen molar-refractivity contribution in [3.05, 3.63) is 28.9 Å². The van der Waals surface area contributed by atoms with Crippen molar-refractivity contribution in [1.29, 1.82) is 0 Å². The van der Waals surface area contributed by atoms with Gasteiger partial charge in [-0.25, -0.2) is 0 Å². The molecule has 14 heavy (non-hydrogen) atoms. The van der Waals surface area contributed by atoms with E-state index >= 15 is 0 Å². The molecule has 1 aromatic heterocycles. The first-order chi connectivity index (χ1) is 6.81. The van der Waals surface area contributed by atoms with Crippen molar-refractivity contribution >= 4 is 33.2 Å². The average molecular weight is 226 g/mol. The van der Waals surface area contributed by atoms with Crippen molar-refractivity contribution in [2.75, 3.05) is 0 Å². The summed E-state index contributed by atoms with van der Waals surface area (Å²) < 4.78 is 5.30. The summed E-state index contributed by atoms with van der Waals surface area (Å²) in [5.41, 5.74) is 1.36. The van der Waals surface area contributed by atoms with Gasteiger partial charge in [0.1, 0.15) is 0 Å². The lowest BCUT2D eigenvalue weighted by atomic mass is 10.1. The molecule has 3 heteroatoms. The Bertz CT molecular complexity index is 436. The molecule has 0 aliphatic rings. The van der Waals surface area contributed by atoms with E-state index in [4.69, 9.17) is 11.6 Å². The standard InChI is InChI=1S/C11H12ClNS/c1-2-3-4-8-5-6-10-9(7-8)11(12)13-14-10/h5-7H,2-4H2,1H3. The van der Waals surface area contributed by atoms with Crippen LogP contribution in [0, 0.1) is 0 Å². The monoisotopic (exact) mass is 225 g/mol. The minimum absolute atomic E-state index is 0.642. The third kappa shape index (κ3) is 1.91. The fourth-order valence-electron chi connectivity index (χ4n) is 1.49. The second kappa shape index (κ2) is 4.28. The summed E-state index contributed by atoms with van der Waals surface area (Å²) in [7, 11) is 0. The third-order valence-electron chi connectivity index (χ3n) is 2.31. The highest BCUT2D eigenvalue weighted by Crippen LogP contribution is 2.27. The maximum absolute atomic E-state index is 5.98. The van der Waals surface area contributed by atoms with Gasteiger partial charge >= 0.3 is 0 Å². The molecular formula is C11H12ClNS. The smallest absolute Gasteiger partial charge is 0.150 e. The van der Waals surface area contributed by atoms with Crippen LogP contribution in [-0.4, -0.2) is 4.37 Å². The molecule has 0 bridgehead atoms. The molecule has 0 amide bonds. The molecule has 1 nitrogen and oxygen atoms in total. The second-order valence-corrected chi connectivity index (χ2v) is 4.57. The molecule has 0 fully saturated rings. The Morgan fingerprint density at radius 1 is 1.43 bits per heavy atom. The van der Waals surface area contributed by atoms with E-state index in [-0.39, 0.29) is 0 Å². The van der Waals surface area contributed by atoms with Gasteiger partial charge in [-0.05, 0) is 42.1 Å². The van der Waals surface area contributed by atoms with Gasteiger partial charge in [-0.15, -0.1) is 0 Å². The van der Waals surface area contributed by atoms with Crippen molar-refractivity contribution in [2.24, 2.45) is 0 Å². The summed E-state index contributed by atoms with van der Waals surface area (Å²) in [6, 6.07) is 6.45. The zero-order valence-corrected chi connectivity index (χ0v) is 9.66. The maximum atomic E-state index is 5.98. The summed E-state index contributed by atoms with van der Waals surface area (Å²) in [6.45, 7) is 2.21. The van der Waals surface area contributed by atoms with E-state index in [0.29, 0.717) is 5.15 Å². The van der Waals surface area contributed by atoms with Crippen molar-refractivity contribution in [1.82, 2.24) is 4.37 Å². The van der Waals surface area contributed by atoms with Crippen molar-refractivity contribution in [3.8, 4) is 0 Å². The number of nitrogens with zero attached hydrogens (tertiary/aromatic N) is 1. The number of benzene rings is 1. The number of hydrogen-bond acceptors (Lipinski definition) is 2. The van der Waals surface area contributed by atoms with Crippen LogP contribution < -0.4 is 0 Å². The number of rotatable bonds is 3. The van der Waals surface area contributed by atoms with Crippen LogP contribution in [0.5, 0.6) is 0 Å². The minimum Gasteiger partial charge on any atom is -0.180 e. The third-order valence-corrected chi connectivity index (χ3v) is 3.52. The number of hydrogen-bond donors (Lipinski definition) is 0. The molecule has 0 saturated heterocycles. The van der Waals surface area contributed by atoms with Gasteiger partial charge in [-0.1, -0.05) is 31.0 Å². The molecule has 0 saturated carbocycles. The first-order valence-electron chi connectivity index (χ1n) is 4.85. The number of halogens is 1. The van der Waals surface area contributed by atoms with Gasteiger partial charge in [0.25, 0.3) is 0 Å². The lowest BCUT2D eigenvalue weighted by molar-refractivity contribution is 0.796. The van der Waals surface area contributed by atoms with E-state index in [1.54, 1.807) is 0 Å². The van der Waals surface area contributed by atoms with Crippen molar-refractivity contribution < 1.29 is 0 Å². The topological polar surface area (TPSA) is 12.9 Å². The van der Waals surface area contributed by atoms with Crippen LogP contribution in [0.3, 0.4) is 0 Å². The molecule has 2 rings (SSSR count). The van der Waals surface area contributed by atoms with Gasteiger partial charge in [0.05, 0.1) is 4.70 Å². The Morgan fingerprint density at radius 2 is 2.29 bits per heavy atom. The van der Waals surface area contributed by atoms with Gasteiger partial charge in [0.15, 0.2) is 5.15 Å². The van der Waals surface area contributed by atoms with Gasteiger partial charge in [-0.2, -0.15) is 4.37 Å². The van der Waals surface area contributed by atoms with Crippen LogP contribution in [-0.2, 0) is 6.42 Å². The molecule has 0 aliphatic carbocycles. The predicted molar refractivity (Wildman–Crippen MR) is 63.2 cm³/mol. The molecule has 0 atom stereocenters. The predicted octanol–water partition coefficient (Wildman–Crippen LogP) is 4.29. The fourth-order valence-corrected chi connectivity index (χ4v) is 2.47. The van der Waals surface area contributed by atoms with Gasteiger partial charge in [0, 0.05) is 5.39 Å². The summed E-state index contributed by atoms with van der Waals surface area (Å²) in [4.78, 5) is 0. The zero-order valence-electron chi connectivity index (χ0n) is 8.09. The van der Waals surface area contributed by atoms with Crippen LogP contribution in [0.1, 0.15) is 25.3 Å². The Morgan fingerprint density at radius 3 is 3.07 bits per heavy atom. The van der Waals surface area contributed by atoms with E-state index in [1.807, 2.05) is 0 Å². The molecule has 0 spiro atoms. The summed E-state index contributed by atoms with van der Waals surface area (Å²) in [5.74, 6) is 0. The maximum Gasteiger partial charge on any atom is 0.150 e. The van der Waals surface area contributed by atoms with E-state index in [9.17, 15) is 0 Å². The second-order valence-electron chi connectivity index (χ2n) is 3.41. The Labute approximate surface area is 92.9 Å². The molecule has 0 unspecified atom stereocenters. The lowest BCUT2D eigenvalue weighted by Crippen LogP contribution is -1.83. The Hall–Kier alpha value is -0.600. The van der Waals surface area contributed by atoms with Crippen LogP contribution >= 0.6 is 23.1 Å². The summed E-state index contributed by atoms with van der Waals surface area (Å²) in [5, 5.41) is 1.74. The van der Waals surface area contributed by atoms with Crippen molar-refractivity contribution in [3.63, 3.8) is 0 Å². The van der Waals surface area contributed by atoms with Gasteiger partial charge < -0.3 is 0 Å². The van der Waals surface area contributed by atoms with E-state index in [2.05, 4.69) is 29.5 Å². The number of aryl methyl sites for hydroxylation is 1.